The number of rotatable bonds is 13. The second-order valence-corrected chi connectivity index (χ2v) is 17.2. The van der Waals surface area contributed by atoms with Gasteiger partial charge in [0, 0.05) is 20.6 Å². The number of carbonyl (C=O) groups excluding carboxylic acids is 7. The number of hydrogen-bond donors (Lipinski definition) is 4. The monoisotopic (exact) mass is 742 g/mol. The van der Waals surface area contributed by atoms with Gasteiger partial charge in [-0.2, -0.15) is 0 Å². The molecule has 6 amide bonds. The summed E-state index contributed by atoms with van der Waals surface area (Å²) < 4.78 is 5.43. The molecule has 6 atom stereocenters. The molecule has 14 nitrogen and oxygen atoms in total. The highest BCUT2D eigenvalue weighted by atomic mass is 16.6. The van der Waals surface area contributed by atoms with Gasteiger partial charge in [-0.05, 0) is 61.3 Å². The number of Topliss-reactive ketones (excluding diaryl/α,β-unsaturated/α-hetero) is 1. The topological polar surface area (TPSA) is 183 Å². The fraction of sp³-hybridized carbons (Fsp3) is 0.667. The molecule has 1 saturated heterocycles. The molecule has 1 aromatic carbocycles. The highest BCUT2D eigenvalue weighted by Gasteiger charge is 2.70. The minimum Gasteiger partial charge on any atom is -0.444 e. The fourth-order valence-electron chi connectivity index (χ4n) is 6.82. The van der Waals surface area contributed by atoms with Gasteiger partial charge in [0.2, 0.25) is 29.4 Å². The average molecular weight is 743 g/mol. The first-order valence-electron chi connectivity index (χ1n) is 17.8. The van der Waals surface area contributed by atoms with Crippen molar-refractivity contribution in [1.82, 2.24) is 31.1 Å². The van der Waals surface area contributed by atoms with Gasteiger partial charge in [0.15, 0.2) is 0 Å². The molecular formula is C39H62N6O8. The van der Waals surface area contributed by atoms with Gasteiger partial charge in [0.25, 0.3) is 5.91 Å². The number of ether oxygens (including phenoxy) is 1. The summed E-state index contributed by atoms with van der Waals surface area (Å²) >= 11 is 0. The van der Waals surface area contributed by atoms with Crippen LogP contribution in [0.1, 0.15) is 94.7 Å². The molecule has 0 spiro atoms. The number of likely N-dealkylation sites (tertiary alicyclic amines) is 1. The summed E-state index contributed by atoms with van der Waals surface area (Å²) in [6, 6.07) is 4.42. The second-order valence-electron chi connectivity index (χ2n) is 17.2. The van der Waals surface area contributed by atoms with Gasteiger partial charge in [-0.15, -0.1) is 0 Å². The molecule has 2 aliphatic rings. The summed E-state index contributed by atoms with van der Waals surface area (Å²) in [6.07, 6.45) is -0.630. The SMILES string of the molecule is C.CC(C)CC(NC(=O)[C@@H]1[C@@H]2[C@H](CN1C(=O)[C@@H](NC(=O)OC(C)(C)C)C(C)(C)C)C2(C)C)C(=O)C(=O)NCC(=O)N[C@H](C(=O)N(C)C)c1ccccc1. The average Bonchev–Trinajstić information content (AvgIpc) is 3.33. The predicted octanol–water partition coefficient (Wildman–Crippen LogP) is 3.21. The summed E-state index contributed by atoms with van der Waals surface area (Å²) in [5, 5.41) is 10.4. The van der Waals surface area contributed by atoms with E-state index in [0.717, 1.165) is 0 Å². The van der Waals surface area contributed by atoms with Crippen LogP contribution < -0.4 is 21.3 Å². The van der Waals surface area contributed by atoms with Crippen LogP contribution in [-0.2, 0) is 33.5 Å². The first kappa shape index (κ1) is 44.7. The first-order valence-corrected chi connectivity index (χ1v) is 17.8. The Hall–Kier alpha value is -4.49. The maximum atomic E-state index is 14.2. The van der Waals surface area contributed by atoms with Gasteiger partial charge in [-0.1, -0.05) is 86.2 Å². The normalized spacial score (nSPS) is 20.4. The van der Waals surface area contributed by atoms with Crippen molar-refractivity contribution < 1.29 is 38.3 Å². The number of carbonyl (C=O) groups is 7. The Balaban J connectivity index is 0.00000972. The molecule has 3 rings (SSSR count). The van der Waals surface area contributed by atoms with E-state index < -0.39 is 77.2 Å². The number of likely N-dealkylation sites (N-methyl/N-ethyl adjacent to an activating group) is 1. The molecule has 14 heteroatoms. The molecule has 0 radical (unpaired) electrons. The third-order valence-corrected chi connectivity index (χ3v) is 9.63. The molecule has 53 heavy (non-hydrogen) atoms. The van der Waals surface area contributed by atoms with Crippen molar-refractivity contribution in [2.45, 2.75) is 113 Å². The lowest BCUT2D eigenvalue weighted by Crippen LogP contribution is -2.61. The highest BCUT2D eigenvalue weighted by Crippen LogP contribution is 2.65. The van der Waals surface area contributed by atoms with Crippen LogP contribution in [0.3, 0.4) is 0 Å². The van der Waals surface area contributed by atoms with E-state index in [1.165, 1.54) is 9.80 Å². The summed E-state index contributed by atoms with van der Waals surface area (Å²) in [6.45, 7) is 18.0. The molecule has 0 aromatic heterocycles. The maximum Gasteiger partial charge on any atom is 0.408 e. The van der Waals surface area contributed by atoms with E-state index in [2.05, 4.69) is 21.3 Å². The minimum absolute atomic E-state index is 0. The van der Waals surface area contributed by atoms with Gasteiger partial charge in [-0.3, -0.25) is 28.8 Å². The zero-order valence-corrected chi connectivity index (χ0v) is 32.7. The van der Waals surface area contributed by atoms with Crippen molar-refractivity contribution in [3.63, 3.8) is 0 Å². The Bertz CT molecular complexity index is 1530. The maximum absolute atomic E-state index is 14.2. The molecule has 1 saturated carbocycles. The Morgan fingerprint density at radius 2 is 1.51 bits per heavy atom. The zero-order valence-electron chi connectivity index (χ0n) is 32.7. The molecule has 4 N–H and O–H groups in total. The van der Waals surface area contributed by atoms with Crippen molar-refractivity contribution >= 4 is 41.4 Å². The summed E-state index contributed by atoms with van der Waals surface area (Å²) in [5.74, 6) is -4.39. The van der Waals surface area contributed by atoms with Crippen LogP contribution in [0.2, 0.25) is 0 Å². The second kappa shape index (κ2) is 17.1. The highest BCUT2D eigenvalue weighted by molar-refractivity contribution is 6.38. The van der Waals surface area contributed by atoms with E-state index in [1.807, 2.05) is 27.7 Å². The van der Waals surface area contributed by atoms with Gasteiger partial charge >= 0.3 is 6.09 Å². The molecule has 1 aliphatic heterocycles. The van der Waals surface area contributed by atoms with Crippen LogP contribution in [0.4, 0.5) is 4.79 Å². The lowest BCUT2D eigenvalue weighted by atomic mass is 9.85. The molecule has 1 heterocycles. The van der Waals surface area contributed by atoms with E-state index in [0.29, 0.717) is 5.56 Å². The number of piperidine rings is 1. The Labute approximate surface area is 314 Å². The lowest BCUT2D eigenvalue weighted by molar-refractivity contribution is -0.145. The van der Waals surface area contributed by atoms with Crippen LogP contribution in [0.5, 0.6) is 0 Å². The fourth-order valence-corrected chi connectivity index (χ4v) is 6.82. The van der Waals surface area contributed by atoms with Gasteiger partial charge < -0.3 is 35.8 Å². The van der Waals surface area contributed by atoms with Crippen molar-refractivity contribution in [2.75, 3.05) is 27.2 Å². The van der Waals surface area contributed by atoms with Crippen LogP contribution in [0, 0.1) is 28.6 Å². The number of fused-ring (bicyclic) bond motifs is 1. The summed E-state index contributed by atoms with van der Waals surface area (Å²) in [4.78, 5) is 96.3. The number of ketones is 1. The number of alkyl carbamates (subject to hydrolysis) is 1. The standard InChI is InChI=1S/C38H58N6O8.CH4/c1-21(2)18-24(29(46)32(48)39-19-25(45)41-27(33(49)43(11)12)22-16-14-13-15-17-22)40-31(47)28-26-23(38(26,9)10)20-44(28)34(50)30(36(3,4)5)42-35(51)52-37(6,7)8;/h13-17,21,23-24,26-28,30H,18-20H2,1-12H3,(H,39,48)(H,40,47)(H,41,45)(H,42,51);1H4/t23-,24?,26-,27-,28-,30+;/m0./s1. The van der Waals surface area contributed by atoms with Gasteiger partial charge in [-0.25, -0.2) is 4.79 Å². The molecule has 1 unspecified atom stereocenters. The number of amides is 6. The number of nitrogens with one attached hydrogen (secondary N) is 4. The van der Waals surface area contributed by atoms with Crippen LogP contribution >= 0.6 is 0 Å². The lowest BCUT2D eigenvalue weighted by Gasteiger charge is -2.38. The molecule has 1 aromatic rings. The van der Waals surface area contributed by atoms with Crippen molar-refractivity contribution in [1.29, 1.82) is 0 Å². The predicted molar refractivity (Wildman–Crippen MR) is 201 cm³/mol. The molecular weight excluding hydrogens is 680 g/mol. The molecule has 0 bridgehead atoms. The molecule has 296 valence electrons. The minimum atomic E-state index is -1.24. The smallest absolute Gasteiger partial charge is 0.408 e. The first-order chi connectivity index (χ1) is 23.9. The molecule has 2 fully saturated rings. The third-order valence-electron chi connectivity index (χ3n) is 9.63. The van der Waals surface area contributed by atoms with Crippen molar-refractivity contribution in [3.8, 4) is 0 Å². The van der Waals surface area contributed by atoms with Crippen LogP contribution in [0.15, 0.2) is 30.3 Å². The summed E-state index contributed by atoms with van der Waals surface area (Å²) in [5.41, 5.74) is -1.23. The van der Waals surface area contributed by atoms with E-state index in [-0.39, 0.29) is 49.5 Å². The zero-order chi connectivity index (χ0) is 39.5. The van der Waals surface area contributed by atoms with Gasteiger partial charge in [0.05, 0.1) is 12.6 Å². The van der Waals surface area contributed by atoms with E-state index in [4.69, 9.17) is 4.74 Å². The summed E-state index contributed by atoms with van der Waals surface area (Å²) in [7, 11) is 3.12. The van der Waals surface area contributed by atoms with E-state index in [9.17, 15) is 33.6 Å². The van der Waals surface area contributed by atoms with E-state index in [1.54, 1.807) is 86.0 Å². The largest absolute Gasteiger partial charge is 0.444 e. The van der Waals surface area contributed by atoms with Crippen molar-refractivity contribution in [2.24, 2.45) is 28.6 Å². The number of hydrogen-bond acceptors (Lipinski definition) is 8. The Morgan fingerprint density at radius 3 is 2.02 bits per heavy atom. The molecule has 1 aliphatic carbocycles. The van der Waals surface area contributed by atoms with Gasteiger partial charge in [0.1, 0.15) is 23.7 Å². The third kappa shape index (κ3) is 11.3. The Kier molecular flexibility index (Phi) is 14.4. The number of benzene rings is 1. The quantitative estimate of drug-likeness (QED) is 0.222. The van der Waals surface area contributed by atoms with Crippen molar-refractivity contribution in [3.05, 3.63) is 35.9 Å². The number of nitrogens with zero attached hydrogens (tertiary/aromatic N) is 2. The van der Waals surface area contributed by atoms with Crippen LogP contribution in [-0.4, -0.2) is 102 Å². The van der Waals surface area contributed by atoms with Crippen LogP contribution in [0.25, 0.3) is 0 Å². The van der Waals surface area contributed by atoms with E-state index >= 15 is 0 Å². The Morgan fingerprint density at radius 1 is 0.925 bits per heavy atom.